The molecule has 33 heavy (non-hydrogen) atoms. The zero-order valence-corrected chi connectivity index (χ0v) is 20.5. The molecule has 0 heterocycles. The number of hydrogen-bond donors (Lipinski definition) is 0. The average molecular weight is 453 g/mol. The molecule has 2 aromatic rings. The Morgan fingerprint density at radius 2 is 1.06 bits per heavy atom. The molecule has 2 saturated carbocycles. The topological polar surface area (TPSA) is 0 Å². The number of benzene rings is 2. The van der Waals surface area contributed by atoms with Gasteiger partial charge in [0, 0.05) is 0 Å². The van der Waals surface area contributed by atoms with Gasteiger partial charge in [-0.3, -0.25) is 0 Å². The Balaban J connectivity index is 1.14. The highest BCUT2D eigenvalue weighted by molar-refractivity contribution is 5.63. The molecule has 2 fully saturated rings. The van der Waals surface area contributed by atoms with E-state index < -0.39 is 11.6 Å². The maximum absolute atomic E-state index is 13.5. The van der Waals surface area contributed by atoms with E-state index in [1.54, 1.807) is 6.07 Å². The van der Waals surface area contributed by atoms with Crippen LogP contribution >= 0.6 is 0 Å². The molecule has 0 aromatic heterocycles. The standard InChI is InChI=1S/C31H42F2/c1-2-3-23-4-6-24(7-5-23)8-9-25-10-12-26(13-11-25)14-15-27-16-18-28(19-17-27)29-20-21-30(32)31(33)22-29/h16-26H,2-15H2,1H3/t23-,24-,25-,26-. The molecule has 2 aromatic carbocycles. The second-order valence-corrected chi connectivity index (χ2v) is 11.0. The maximum Gasteiger partial charge on any atom is 0.159 e. The highest BCUT2D eigenvalue weighted by atomic mass is 19.2. The summed E-state index contributed by atoms with van der Waals surface area (Å²) < 4.78 is 26.7. The van der Waals surface area contributed by atoms with Gasteiger partial charge in [-0.05, 0) is 65.3 Å². The molecule has 2 aliphatic carbocycles. The Morgan fingerprint density at radius 1 is 0.576 bits per heavy atom. The van der Waals surface area contributed by atoms with E-state index in [2.05, 4.69) is 19.1 Å². The third-order valence-electron chi connectivity index (χ3n) is 8.66. The molecule has 2 heteroatoms. The third kappa shape index (κ3) is 7.14. The Labute approximate surface area is 200 Å². The second kappa shape index (κ2) is 12.1. The van der Waals surface area contributed by atoms with Crippen molar-refractivity contribution in [3.8, 4) is 11.1 Å². The first kappa shape index (κ1) is 24.4. The minimum atomic E-state index is -0.792. The third-order valence-corrected chi connectivity index (χ3v) is 8.66. The van der Waals surface area contributed by atoms with E-state index in [-0.39, 0.29) is 0 Å². The minimum absolute atomic E-state index is 0.729. The summed E-state index contributed by atoms with van der Waals surface area (Å²) >= 11 is 0. The zero-order valence-electron chi connectivity index (χ0n) is 20.5. The van der Waals surface area contributed by atoms with E-state index in [1.807, 2.05) is 12.1 Å². The van der Waals surface area contributed by atoms with E-state index in [1.165, 1.54) is 101 Å². The van der Waals surface area contributed by atoms with Crippen LogP contribution in [0.2, 0.25) is 0 Å². The molecule has 0 amide bonds. The maximum atomic E-state index is 13.5. The monoisotopic (exact) mass is 452 g/mol. The van der Waals surface area contributed by atoms with E-state index in [4.69, 9.17) is 0 Å². The van der Waals surface area contributed by atoms with Crippen molar-refractivity contribution in [2.75, 3.05) is 0 Å². The molecule has 0 atom stereocenters. The van der Waals surface area contributed by atoms with E-state index >= 15 is 0 Å². The van der Waals surface area contributed by atoms with Crippen LogP contribution in [0.5, 0.6) is 0 Å². The molecule has 0 saturated heterocycles. The van der Waals surface area contributed by atoms with Crippen LogP contribution in [-0.2, 0) is 6.42 Å². The summed E-state index contributed by atoms with van der Waals surface area (Å²) in [5.74, 6) is 2.32. The molecule has 2 aliphatic rings. The molecular weight excluding hydrogens is 410 g/mol. The largest absolute Gasteiger partial charge is 0.204 e. The Morgan fingerprint density at radius 3 is 1.58 bits per heavy atom. The molecule has 0 spiro atoms. The SMILES string of the molecule is CCC[C@H]1CC[C@H](CC[C@H]2CC[C@H](CCc3ccc(-c4ccc(F)c(F)c4)cc3)CC2)CC1. The molecule has 0 aliphatic heterocycles. The van der Waals surface area contributed by atoms with Crippen LogP contribution in [0.25, 0.3) is 11.1 Å². The van der Waals surface area contributed by atoms with Gasteiger partial charge in [0.15, 0.2) is 11.6 Å². The van der Waals surface area contributed by atoms with Gasteiger partial charge in [-0.15, -0.1) is 0 Å². The van der Waals surface area contributed by atoms with Crippen molar-refractivity contribution in [1.82, 2.24) is 0 Å². The predicted molar refractivity (Wildman–Crippen MR) is 135 cm³/mol. The Bertz CT molecular complexity index is 840. The van der Waals surface area contributed by atoms with Gasteiger partial charge in [-0.25, -0.2) is 8.78 Å². The van der Waals surface area contributed by atoms with Gasteiger partial charge in [0.2, 0.25) is 0 Å². The van der Waals surface area contributed by atoms with Crippen molar-refractivity contribution >= 4 is 0 Å². The zero-order chi connectivity index (χ0) is 23.0. The van der Waals surface area contributed by atoms with Crippen molar-refractivity contribution in [3.05, 3.63) is 59.7 Å². The first-order chi connectivity index (χ1) is 16.1. The average Bonchev–Trinajstić information content (AvgIpc) is 2.85. The van der Waals surface area contributed by atoms with Crippen molar-refractivity contribution in [3.63, 3.8) is 0 Å². The molecule has 0 radical (unpaired) electrons. The van der Waals surface area contributed by atoms with Gasteiger partial charge in [-0.1, -0.05) is 114 Å². The Hall–Kier alpha value is -1.70. The second-order valence-electron chi connectivity index (χ2n) is 11.0. The smallest absolute Gasteiger partial charge is 0.159 e. The van der Waals surface area contributed by atoms with Crippen LogP contribution < -0.4 is 0 Å². The van der Waals surface area contributed by atoms with Gasteiger partial charge >= 0.3 is 0 Å². The van der Waals surface area contributed by atoms with Crippen LogP contribution in [0.1, 0.15) is 96.0 Å². The summed E-state index contributed by atoms with van der Waals surface area (Å²) in [6, 6.07) is 12.5. The summed E-state index contributed by atoms with van der Waals surface area (Å²) in [5.41, 5.74) is 3.02. The van der Waals surface area contributed by atoms with Gasteiger partial charge < -0.3 is 0 Å². The summed E-state index contributed by atoms with van der Waals surface area (Å²) in [6.07, 6.45) is 19.8. The van der Waals surface area contributed by atoms with Gasteiger partial charge in [0.1, 0.15) is 0 Å². The van der Waals surface area contributed by atoms with Crippen LogP contribution in [0.15, 0.2) is 42.5 Å². The van der Waals surface area contributed by atoms with E-state index in [9.17, 15) is 8.78 Å². The molecular formula is C31H42F2. The normalized spacial score (nSPS) is 25.8. The lowest BCUT2D eigenvalue weighted by Crippen LogP contribution is -2.18. The van der Waals surface area contributed by atoms with Crippen LogP contribution in [0.4, 0.5) is 8.78 Å². The molecule has 0 N–H and O–H groups in total. The predicted octanol–water partition coefficient (Wildman–Crippen LogP) is 9.76. The first-order valence-corrected chi connectivity index (χ1v) is 13.6. The van der Waals surface area contributed by atoms with Crippen molar-refractivity contribution < 1.29 is 8.78 Å². The lowest BCUT2D eigenvalue weighted by Gasteiger charge is -2.32. The highest BCUT2D eigenvalue weighted by Crippen LogP contribution is 2.38. The number of aryl methyl sites for hydroxylation is 1. The van der Waals surface area contributed by atoms with E-state index in [0.29, 0.717) is 0 Å². The number of hydrogen-bond acceptors (Lipinski definition) is 0. The first-order valence-electron chi connectivity index (χ1n) is 13.6. The highest BCUT2D eigenvalue weighted by Gasteiger charge is 2.24. The summed E-state index contributed by atoms with van der Waals surface area (Å²) in [4.78, 5) is 0. The van der Waals surface area contributed by atoms with E-state index in [0.717, 1.165) is 41.2 Å². The molecule has 0 bridgehead atoms. The fraction of sp³-hybridized carbons (Fsp3) is 0.613. The van der Waals surface area contributed by atoms with Crippen molar-refractivity contribution in [2.45, 2.75) is 96.8 Å². The van der Waals surface area contributed by atoms with Crippen LogP contribution in [0, 0.1) is 35.3 Å². The van der Waals surface area contributed by atoms with Gasteiger partial charge in [0.05, 0.1) is 0 Å². The molecule has 0 unspecified atom stereocenters. The van der Waals surface area contributed by atoms with Crippen molar-refractivity contribution in [2.24, 2.45) is 23.7 Å². The van der Waals surface area contributed by atoms with Crippen molar-refractivity contribution in [1.29, 1.82) is 0 Å². The van der Waals surface area contributed by atoms with Crippen LogP contribution in [-0.4, -0.2) is 0 Å². The van der Waals surface area contributed by atoms with Gasteiger partial charge in [0.25, 0.3) is 0 Å². The molecule has 4 rings (SSSR count). The lowest BCUT2D eigenvalue weighted by molar-refractivity contribution is 0.209. The summed E-state index contributed by atoms with van der Waals surface area (Å²) in [7, 11) is 0. The summed E-state index contributed by atoms with van der Waals surface area (Å²) in [6.45, 7) is 2.33. The lowest BCUT2D eigenvalue weighted by atomic mass is 9.74. The fourth-order valence-corrected chi connectivity index (χ4v) is 6.41. The quantitative estimate of drug-likeness (QED) is 0.355. The summed E-state index contributed by atoms with van der Waals surface area (Å²) in [5, 5.41) is 0. The molecule has 180 valence electrons. The fourth-order valence-electron chi connectivity index (χ4n) is 6.41. The Kier molecular flexibility index (Phi) is 8.98. The molecule has 0 nitrogen and oxygen atoms in total. The van der Waals surface area contributed by atoms with Gasteiger partial charge in [-0.2, -0.15) is 0 Å². The minimum Gasteiger partial charge on any atom is -0.204 e. The van der Waals surface area contributed by atoms with Crippen LogP contribution in [0.3, 0.4) is 0 Å². The number of rotatable bonds is 9. The number of halogens is 2.